The van der Waals surface area contributed by atoms with Crippen LogP contribution in [0.1, 0.15) is 50.5 Å². The van der Waals surface area contributed by atoms with E-state index in [2.05, 4.69) is 39.9 Å². The number of aryl methyl sites for hydroxylation is 1. The van der Waals surface area contributed by atoms with Gasteiger partial charge in [-0.3, -0.25) is 9.78 Å². The molecule has 0 bridgehead atoms. The van der Waals surface area contributed by atoms with Crippen molar-refractivity contribution >= 4 is 34.1 Å². The monoisotopic (exact) mass is 435 g/mol. The van der Waals surface area contributed by atoms with Crippen molar-refractivity contribution in [3.8, 4) is 0 Å². The first-order chi connectivity index (χ1) is 15.2. The number of hydrogen-bond acceptors (Lipinski definition) is 3. The van der Waals surface area contributed by atoms with Crippen LogP contribution >= 0.6 is 11.6 Å². The Morgan fingerprint density at radius 3 is 2.55 bits per heavy atom. The van der Waals surface area contributed by atoms with Crippen LogP contribution in [-0.4, -0.2) is 23.0 Å². The zero-order valence-electron chi connectivity index (χ0n) is 17.8. The summed E-state index contributed by atoms with van der Waals surface area (Å²) < 4.78 is 0. The van der Waals surface area contributed by atoms with Crippen LogP contribution in [0.4, 0.5) is 5.69 Å². The van der Waals surface area contributed by atoms with E-state index in [4.69, 9.17) is 11.6 Å². The summed E-state index contributed by atoms with van der Waals surface area (Å²) in [6.45, 7) is 0. The second-order valence-corrected chi connectivity index (χ2v) is 8.91. The SMILES string of the molecule is O=C(CCCCc1ccccc1)NC1CCC(Nc2ccnc3cc(Cl)ccc23)CC1. The summed E-state index contributed by atoms with van der Waals surface area (Å²) in [7, 11) is 0. The minimum atomic E-state index is 0.196. The van der Waals surface area contributed by atoms with E-state index in [1.54, 1.807) is 0 Å². The first kappa shape index (κ1) is 21.6. The molecule has 2 N–H and O–H groups in total. The highest BCUT2D eigenvalue weighted by atomic mass is 35.5. The van der Waals surface area contributed by atoms with Gasteiger partial charge in [-0.1, -0.05) is 41.9 Å². The molecule has 0 aliphatic heterocycles. The highest BCUT2D eigenvalue weighted by molar-refractivity contribution is 6.31. The highest BCUT2D eigenvalue weighted by Gasteiger charge is 2.22. The van der Waals surface area contributed by atoms with Crippen LogP contribution in [0.15, 0.2) is 60.8 Å². The van der Waals surface area contributed by atoms with Crippen molar-refractivity contribution in [2.45, 2.75) is 63.5 Å². The Morgan fingerprint density at radius 1 is 0.968 bits per heavy atom. The number of aromatic nitrogens is 1. The Bertz CT molecular complexity index is 1000. The molecular weight excluding hydrogens is 406 g/mol. The van der Waals surface area contributed by atoms with Gasteiger partial charge in [-0.2, -0.15) is 0 Å². The minimum Gasteiger partial charge on any atom is -0.382 e. The molecule has 1 saturated carbocycles. The Labute approximate surface area is 189 Å². The van der Waals surface area contributed by atoms with E-state index in [0.717, 1.165) is 61.5 Å². The van der Waals surface area contributed by atoms with Gasteiger partial charge in [-0.05, 0) is 74.8 Å². The van der Waals surface area contributed by atoms with Gasteiger partial charge in [0.15, 0.2) is 0 Å². The number of carbonyl (C=O) groups excluding carboxylic acids is 1. The summed E-state index contributed by atoms with van der Waals surface area (Å²) in [6, 6.07) is 19.0. The predicted molar refractivity (Wildman–Crippen MR) is 129 cm³/mol. The predicted octanol–water partition coefficient (Wildman–Crippen LogP) is 6.14. The van der Waals surface area contributed by atoms with Gasteiger partial charge in [-0.15, -0.1) is 0 Å². The maximum absolute atomic E-state index is 12.3. The molecule has 1 aromatic heterocycles. The standard InChI is InChI=1S/C26H30ClN3O/c27-20-10-15-23-24(16-17-28-25(23)18-20)29-21-11-13-22(14-12-21)30-26(31)9-5-4-8-19-6-2-1-3-7-19/h1-3,6-7,10,15-18,21-22H,4-5,8-9,11-14H2,(H,28,29)(H,30,31). The summed E-state index contributed by atoms with van der Waals surface area (Å²) in [5.41, 5.74) is 3.36. The van der Waals surface area contributed by atoms with Crippen LogP contribution < -0.4 is 10.6 Å². The van der Waals surface area contributed by atoms with Gasteiger partial charge in [0.1, 0.15) is 0 Å². The summed E-state index contributed by atoms with van der Waals surface area (Å²) in [5.74, 6) is 0.196. The van der Waals surface area contributed by atoms with Crippen molar-refractivity contribution in [3.05, 3.63) is 71.4 Å². The largest absolute Gasteiger partial charge is 0.382 e. The first-order valence-electron chi connectivity index (χ1n) is 11.3. The number of rotatable bonds is 8. The molecule has 4 rings (SSSR count). The van der Waals surface area contributed by atoms with Crippen LogP contribution in [0.2, 0.25) is 5.02 Å². The smallest absolute Gasteiger partial charge is 0.220 e. The van der Waals surface area contributed by atoms with Crippen molar-refractivity contribution in [2.24, 2.45) is 0 Å². The number of pyridine rings is 1. The number of benzene rings is 2. The highest BCUT2D eigenvalue weighted by Crippen LogP contribution is 2.28. The van der Waals surface area contributed by atoms with Gasteiger partial charge in [0.2, 0.25) is 5.91 Å². The summed E-state index contributed by atoms with van der Waals surface area (Å²) in [5, 5.41) is 8.72. The van der Waals surface area contributed by atoms with Crippen LogP contribution in [-0.2, 0) is 11.2 Å². The summed E-state index contributed by atoms with van der Waals surface area (Å²) >= 11 is 6.09. The minimum absolute atomic E-state index is 0.196. The maximum atomic E-state index is 12.3. The number of nitrogens with zero attached hydrogens (tertiary/aromatic N) is 1. The fraction of sp³-hybridized carbons (Fsp3) is 0.385. The lowest BCUT2D eigenvalue weighted by atomic mass is 9.90. The number of anilines is 1. The number of fused-ring (bicyclic) bond motifs is 1. The van der Waals surface area contributed by atoms with Gasteiger partial charge >= 0.3 is 0 Å². The van der Waals surface area contributed by atoms with Gasteiger partial charge < -0.3 is 10.6 Å². The molecule has 31 heavy (non-hydrogen) atoms. The van der Waals surface area contributed by atoms with E-state index in [-0.39, 0.29) is 5.91 Å². The van der Waals surface area contributed by atoms with Crippen molar-refractivity contribution < 1.29 is 4.79 Å². The third kappa shape index (κ3) is 6.20. The summed E-state index contributed by atoms with van der Waals surface area (Å²) in [4.78, 5) is 16.7. The normalized spacial score (nSPS) is 18.6. The van der Waals surface area contributed by atoms with Crippen molar-refractivity contribution in [2.75, 3.05) is 5.32 Å². The van der Waals surface area contributed by atoms with E-state index in [0.29, 0.717) is 23.5 Å². The Balaban J connectivity index is 1.18. The Morgan fingerprint density at radius 2 is 1.74 bits per heavy atom. The van der Waals surface area contributed by atoms with Crippen LogP contribution in [0.3, 0.4) is 0 Å². The van der Waals surface area contributed by atoms with E-state index < -0.39 is 0 Å². The van der Waals surface area contributed by atoms with Crippen LogP contribution in [0.25, 0.3) is 10.9 Å². The molecule has 3 aromatic rings. The Hall–Kier alpha value is -2.59. The molecule has 0 atom stereocenters. The van der Waals surface area contributed by atoms with E-state index in [9.17, 15) is 4.79 Å². The van der Waals surface area contributed by atoms with Crippen LogP contribution in [0, 0.1) is 0 Å². The molecule has 0 radical (unpaired) electrons. The quantitative estimate of drug-likeness (QED) is 0.418. The first-order valence-corrected chi connectivity index (χ1v) is 11.7. The number of hydrogen-bond donors (Lipinski definition) is 2. The third-order valence-electron chi connectivity index (χ3n) is 6.12. The molecule has 4 nitrogen and oxygen atoms in total. The van der Waals surface area contributed by atoms with Crippen molar-refractivity contribution in [3.63, 3.8) is 0 Å². The number of halogens is 1. The summed E-state index contributed by atoms with van der Waals surface area (Å²) in [6.07, 6.45) is 9.62. The molecule has 0 saturated heterocycles. The number of unbranched alkanes of at least 4 members (excludes halogenated alkanes) is 1. The van der Waals surface area contributed by atoms with Crippen LogP contribution in [0.5, 0.6) is 0 Å². The molecule has 0 spiro atoms. The molecule has 1 aliphatic rings. The van der Waals surface area contributed by atoms with Gasteiger partial charge in [0.05, 0.1) is 5.52 Å². The molecule has 0 unspecified atom stereocenters. The van der Waals surface area contributed by atoms with E-state index in [1.807, 2.05) is 36.5 Å². The zero-order chi connectivity index (χ0) is 21.5. The molecule has 162 valence electrons. The molecule has 1 heterocycles. The van der Waals surface area contributed by atoms with Crippen molar-refractivity contribution in [1.82, 2.24) is 10.3 Å². The molecule has 5 heteroatoms. The number of carbonyl (C=O) groups is 1. The van der Waals surface area contributed by atoms with Crippen molar-refractivity contribution in [1.29, 1.82) is 0 Å². The van der Waals surface area contributed by atoms with Gasteiger partial charge in [0.25, 0.3) is 0 Å². The zero-order valence-corrected chi connectivity index (χ0v) is 18.6. The number of nitrogens with one attached hydrogen (secondary N) is 2. The average Bonchev–Trinajstić information content (AvgIpc) is 2.79. The van der Waals surface area contributed by atoms with E-state index >= 15 is 0 Å². The lowest BCUT2D eigenvalue weighted by Crippen LogP contribution is -2.40. The Kier molecular flexibility index (Phi) is 7.42. The maximum Gasteiger partial charge on any atom is 0.220 e. The van der Waals surface area contributed by atoms with E-state index in [1.165, 1.54) is 5.56 Å². The van der Waals surface area contributed by atoms with Gasteiger partial charge in [-0.25, -0.2) is 0 Å². The van der Waals surface area contributed by atoms with Gasteiger partial charge in [0, 0.05) is 40.8 Å². The molecule has 1 aliphatic carbocycles. The second kappa shape index (κ2) is 10.6. The molecular formula is C26H30ClN3O. The molecule has 1 fully saturated rings. The molecule has 1 amide bonds. The molecule has 2 aromatic carbocycles. The lowest BCUT2D eigenvalue weighted by molar-refractivity contribution is -0.122. The third-order valence-corrected chi connectivity index (χ3v) is 6.35. The average molecular weight is 436 g/mol. The number of amides is 1. The topological polar surface area (TPSA) is 54.0 Å². The fourth-order valence-electron chi connectivity index (χ4n) is 4.41. The lowest BCUT2D eigenvalue weighted by Gasteiger charge is -2.30. The second-order valence-electron chi connectivity index (χ2n) is 8.47. The fourth-order valence-corrected chi connectivity index (χ4v) is 4.57.